The molecule has 1 fully saturated rings. The maximum absolute atomic E-state index is 2.67. The van der Waals surface area contributed by atoms with Crippen molar-refractivity contribution >= 4 is 11.0 Å². The fourth-order valence-electron chi connectivity index (χ4n) is 5.02. The van der Waals surface area contributed by atoms with Gasteiger partial charge in [0.15, 0.2) is 11.0 Å². The van der Waals surface area contributed by atoms with Crippen molar-refractivity contribution in [1.82, 2.24) is 4.57 Å². The molecule has 0 amide bonds. The first-order chi connectivity index (χ1) is 14.0. The molecule has 0 spiro atoms. The van der Waals surface area contributed by atoms with Gasteiger partial charge in [0, 0.05) is 0 Å². The number of fused-ring (bicyclic) bond motifs is 1. The van der Waals surface area contributed by atoms with Crippen molar-refractivity contribution in [1.29, 1.82) is 0 Å². The van der Waals surface area contributed by atoms with Gasteiger partial charge in [0.2, 0.25) is 0 Å². The highest BCUT2D eigenvalue weighted by Crippen LogP contribution is 2.38. The SMILES string of the molecule is Cc1ccc(C(C)(C)C)cc1-c1n(C2CCCC2)c2ccc(C(C)(C)C)cc2[n+]1C. The largest absolute Gasteiger partial charge is 0.290 e. The van der Waals surface area contributed by atoms with Crippen LogP contribution in [0.25, 0.3) is 22.4 Å². The first-order valence-electron chi connectivity index (χ1n) is 11.6. The molecule has 30 heavy (non-hydrogen) atoms. The summed E-state index contributed by atoms with van der Waals surface area (Å²) in [6.07, 6.45) is 5.26. The normalized spacial score (nSPS) is 16.0. The Kier molecular flexibility index (Phi) is 5.11. The van der Waals surface area contributed by atoms with Crippen molar-refractivity contribution in [3.63, 3.8) is 0 Å². The fourth-order valence-corrected chi connectivity index (χ4v) is 5.02. The molecular formula is C28H39N2+. The van der Waals surface area contributed by atoms with Gasteiger partial charge in [-0.05, 0) is 78.3 Å². The molecule has 2 aromatic carbocycles. The van der Waals surface area contributed by atoms with Gasteiger partial charge in [0.25, 0.3) is 5.82 Å². The summed E-state index contributed by atoms with van der Waals surface area (Å²) in [4.78, 5) is 0. The van der Waals surface area contributed by atoms with Crippen LogP contribution in [0.2, 0.25) is 0 Å². The van der Waals surface area contributed by atoms with E-state index >= 15 is 0 Å². The van der Waals surface area contributed by atoms with Gasteiger partial charge in [-0.3, -0.25) is 0 Å². The maximum atomic E-state index is 2.67. The average molecular weight is 404 g/mol. The molecule has 1 saturated carbocycles. The van der Waals surface area contributed by atoms with Crippen molar-refractivity contribution in [2.24, 2.45) is 7.05 Å². The quantitative estimate of drug-likeness (QED) is 0.402. The fraction of sp³-hybridized carbons (Fsp3) is 0.536. The number of benzene rings is 2. The monoisotopic (exact) mass is 403 g/mol. The lowest BCUT2D eigenvalue weighted by Gasteiger charge is -2.20. The molecule has 0 N–H and O–H groups in total. The van der Waals surface area contributed by atoms with Gasteiger partial charge in [-0.15, -0.1) is 0 Å². The number of aryl methyl sites for hydroxylation is 2. The predicted molar refractivity (Wildman–Crippen MR) is 128 cm³/mol. The molecule has 2 nitrogen and oxygen atoms in total. The summed E-state index contributed by atoms with van der Waals surface area (Å²) in [5, 5.41) is 0. The highest BCUT2D eigenvalue weighted by Gasteiger charge is 2.33. The van der Waals surface area contributed by atoms with E-state index in [4.69, 9.17) is 0 Å². The van der Waals surface area contributed by atoms with Gasteiger partial charge in [-0.1, -0.05) is 59.7 Å². The number of aromatic nitrogens is 2. The predicted octanol–water partition coefficient (Wildman–Crippen LogP) is 7.15. The Hall–Kier alpha value is -2.09. The van der Waals surface area contributed by atoms with E-state index in [-0.39, 0.29) is 10.8 Å². The van der Waals surface area contributed by atoms with Gasteiger partial charge in [-0.25, -0.2) is 9.13 Å². The molecule has 0 atom stereocenters. The first-order valence-corrected chi connectivity index (χ1v) is 11.6. The first kappa shape index (κ1) is 21.2. The second kappa shape index (κ2) is 7.25. The molecule has 0 aliphatic heterocycles. The third kappa shape index (κ3) is 3.59. The number of hydrogen-bond acceptors (Lipinski definition) is 0. The molecule has 2 heteroatoms. The van der Waals surface area contributed by atoms with Crippen LogP contribution in [0.15, 0.2) is 36.4 Å². The van der Waals surface area contributed by atoms with Gasteiger partial charge in [-0.2, -0.15) is 0 Å². The number of rotatable bonds is 2. The van der Waals surface area contributed by atoms with Crippen LogP contribution in [-0.4, -0.2) is 4.57 Å². The molecular weight excluding hydrogens is 364 g/mol. The molecule has 0 unspecified atom stereocenters. The summed E-state index contributed by atoms with van der Waals surface area (Å²) in [7, 11) is 2.26. The van der Waals surface area contributed by atoms with Crippen molar-refractivity contribution in [3.05, 3.63) is 53.1 Å². The number of imidazole rings is 1. The van der Waals surface area contributed by atoms with Crippen LogP contribution in [0.5, 0.6) is 0 Å². The van der Waals surface area contributed by atoms with Crippen LogP contribution in [0, 0.1) is 6.92 Å². The standard InChI is InChI=1S/C28H39N2/c1-19-13-14-20(27(2,3)4)17-23(19)26-29(8)25-18-21(28(5,6)7)15-16-24(25)30(26)22-11-9-10-12-22/h13-18,22H,9-12H2,1-8H3/q+1. The van der Waals surface area contributed by atoms with Crippen molar-refractivity contribution < 1.29 is 4.57 Å². The Labute approximate surface area is 182 Å². The van der Waals surface area contributed by atoms with Crippen LogP contribution < -0.4 is 4.57 Å². The maximum Gasteiger partial charge on any atom is 0.290 e. The minimum Gasteiger partial charge on any atom is -0.226 e. The summed E-state index contributed by atoms with van der Waals surface area (Å²) in [6.45, 7) is 16.1. The molecule has 1 heterocycles. The van der Waals surface area contributed by atoms with Crippen LogP contribution in [0.4, 0.5) is 0 Å². The smallest absolute Gasteiger partial charge is 0.226 e. The second-order valence-electron chi connectivity index (χ2n) is 11.4. The van der Waals surface area contributed by atoms with E-state index in [9.17, 15) is 0 Å². The van der Waals surface area contributed by atoms with Crippen molar-refractivity contribution in [3.8, 4) is 11.4 Å². The van der Waals surface area contributed by atoms with E-state index in [1.165, 1.54) is 64.8 Å². The topological polar surface area (TPSA) is 8.81 Å². The van der Waals surface area contributed by atoms with Crippen LogP contribution in [-0.2, 0) is 17.9 Å². The highest BCUT2D eigenvalue weighted by atomic mass is 15.2. The summed E-state index contributed by atoms with van der Waals surface area (Å²) in [6, 6.07) is 14.8. The zero-order chi connectivity index (χ0) is 21.8. The summed E-state index contributed by atoms with van der Waals surface area (Å²) in [5.74, 6) is 1.37. The lowest BCUT2D eigenvalue weighted by molar-refractivity contribution is -0.634. The van der Waals surface area contributed by atoms with Crippen molar-refractivity contribution in [2.45, 2.75) is 91.0 Å². The van der Waals surface area contributed by atoms with E-state index in [2.05, 4.69) is 101 Å². The van der Waals surface area contributed by atoms with Gasteiger partial charge in [0.05, 0.1) is 12.6 Å². The lowest BCUT2D eigenvalue weighted by atomic mass is 9.85. The third-order valence-corrected chi connectivity index (χ3v) is 7.04. The summed E-state index contributed by atoms with van der Waals surface area (Å²) in [5.41, 5.74) is 8.58. The zero-order valence-electron chi connectivity index (χ0n) is 20.3. The third-order valence-electron chi connectivity index (χ3n) is 7.04. The van der Waals surface area contributed by atoms with E-state index in [0.29, 0.717) is 6.04 Å². The summed E-state index contributed by atoms with van der Waals surface area (Å²) >= 11 is 0. The summed E-state index contributed by atoms with van der Waals surface area (Å²) < 4.78 is 5.13. The molecule has 1 aliphatic rings. The Morgan fingerprint density at radius 1 is 0.833 bits per heavy atom. The van der Waals surface area contributed by atoms with E-state index < -0.39 is 0 Å². The van der Waals surface area contributed by atoms with Crippen LogP contribution in [0.3, 0.4) is 0 Å². The Morgan fingerprint density at radius 3 is 2.00 bits per heavy atom. The van der Waals surface area contributed by atoms with Crippen molar-refractivity contribution in [2.75, 3.05) is 0 Å². The van der Waals surface area contributed by atoms with E-state index in [1.807, 2.05) is 0 Å². The van der Waals surface area contributed by atoms with E-state index in [1.54, 1.807) is 0 Å². The minimum absolute atomic E-state index is 0.143. The Morgan fingerprint density at radius 2 is 1.40 bits per heavy atom. The van der Waals surface area contributed by atoms with Crippen LogP contribution in [0.1, 0.15) is 90.0 Å². The molecule has 1 aliphatic carbocycles. The molecule has 3 aromatic rings. The number of hydrogen-bond donors (Lipinski definition) is 0. The molecule has 160 valence electrons. The second-order valence-corrected chi connectivity index (χ2v) is 11.4. The molecule has 4 rings (SSSR count). The highest BCUT2D eigenvalue weighted by molar-refractivity contribution is 5.78. The molecule has 0 radical (unpaired) electrons. The van der Waals surface area contributed by atoms with Crippen LogP contribution >= 0.6 is 0 Å². The molecule has 1 aromatic heterocycles. The van der Waals surface area contributed by atoms with Gasteiger partial charge in [0.1, 0.15) is 6.04 Å². The lowest BCUT2D eigenvalue weighted by Crippen LogP contribution is -2.31. The average Bonchev–Trinajstić information content (AvgIpc) is 3.27. The van der Waals surface area contributed by atoms with E-state index in [0.717, 1.165) is 0 Å². The number of nitrogens with zero attached hydrogens (tertiary/aromatic N) is 2. The van der Waals surface area contributed by atoms with Gasteiger partial charge >= 0.3 is 0 Å². The van der Waals surface area contributed by atoms with Gasteiger partial charge < -0.3 is 0 Å². The minimum atomic E-state index is 0.143. The molecule has 0 saturated heterocycles. The zero-order valence-corrected chi connectivity index (χ0v) is 20.3. The molecule has 0 bridgehead atoms. The Balaban J connectivity index is 2.04. The Bertz CT molecular complexity index is 1080.